The Hall–Kier alpha value is -2.98. The van der Waals surface area contributed by atoms with Gasteiger partial charge < -0.3 is 10.4 Å². The lowest BCUT2D eigenvalue weighted by Gasteiger charge is -2.17. The number of halogens is 2. The van der Waals surface area contributed by atoms with Gasteiger partial charge in [-0.3, -0.25) is 4.79 Å². The van der Waals surface area contributed by atoms with Crippen molar-refractivity contribution in [2.24, 2.45) is 0 Å². The number of carboxylic acid groups (broad SMARTS) is 1. The van der Waals surface area contributed by atoms with Gasteiger partial charge in [-0.2, -0.15) is 5.26 Å². The van der Waals surface area contributed by atoms with E-state index in [1.165, 1.54) is 25.1 Å². The normalized spacial score (nSPS) is 11.8. The molecular weight excluding hydrogens is 401 g/mol. The molecule has 5 nitrogen and oxygen atoms in total. The molecule has 0 fully saturated rings. The van der Waals surface area contributed by atoms with Crippen LogP contribution in [0.25, 0.3) is 22.2 Å². The van der Waals surface area contributed by atoms with Crippen molar-refractivity contribution in [3.8, 4) is 17.3 Å². The Bertz CT molecular complexity index is 1050. The molecule has 1 atom stereocenters. The lowest BCUT2D eigenvalue weighted by Crippen LogP contribution is -2.26. The van der Waals surface area contributed by atoms with Gasteiger partial charge in [-0.1, -0.05) is 28.1 Å². The van der Waals surface area contributed by atoms with Gasteiger partial charge in [-0.05, 0) is 37.3 Å². The molecule has 0 bridgehead atoms. The molecule has 0 saturated carbocycles. The van der Waals surface area contributed by atoms with Gasteiger partial charge in [0, 0.05) is 15.4 Å². The standard InChI is InChI=1S/C19H13BrFN3O2/c1-10(19(25)26)23-18-14-8-13(21)6-7-16(14)24-17(15(18)9-22)11-2-4-12(20)5-3-11/h2-8,10H,1H3,(H,23,24)(H,25,26)/t10-/m1/s1. The van der Waals surface area contributed by atoms with Gasteiger partial charge in [0.25, 0.3) is 0 Å². The number of carboxylic acids is 1. The summed E-state index contributed by atoms with van der Waals surface area (Å²) in [4.78, 5) is 15.8. The molecule has 2 N–H and O–H groups in total. The highest BCUT2D eigenvalue weighted by molar-refractivity contribution is 9.10. The van der Waals surface area contributed by atoms with Gasteiger partial charge in [-0.15, -0.1) is 0 Å². The third-order valence-electron chi connectivity index (χ3n) is 3.91. The smallest absolute Gasteiger partial charge is 0.325 e. The Labute approximate surface area is 157 Å². The summed E-state index contributed by atoms with van der Waals surface area (Å²) in [5.74, 6) is -1.58. The Morgan fingerprint density at radius 3 is 2.62 bits per heavy atom. The Morgan fingerprint density at radius 1 is 1.31 bits per heavy atom. The minimum Gasteiger partial charge on any atom is -0.480 e. The number of nitrogens with zero attached hydrogens (tertiary/aromatic N) is 2. The Morgan fingerprint density at radius 2 is 2.00 bits per heavy atom. The molecule has 1 heterocycles. The van der Waals surface area contributed by atoms with Crippen molar-refractivity contribution in [3.05, 3.63) is 58.3 Å². The van der Waals surface area contributed by atoms with Crippen molar-refractivity contribution in [1.29, 1.82) is 5.26 Å². The summed E-state index contributed by atoms with van der Waals surface area (Å²) in [5, 5.41) is 22.1. The molecule has 26 heavy (non-hydrogen) atoms. The van der Waals surface area contributed by atoms with Crippen molar-refractivity contribution in [3.63, 3.8) is 0 Å². The molecule has 2 aromatic carbocycles. The van der Waals surface area contributed by atoms with Crippen LogP contribution in [0, 0.1) is 17.1 Å². The molecule has 0 spiro atoms. The predicted molar refractivity (Wildman–Crippen MR) is 100 cm³/mol. The van der Waals surface area contributed by atoms with Crippen LogP contribution in [0.5, 0.6) is 0 Å². The van der Waals surface area contributed by atoms with Crippen molar-refractivity contribution in [1.82, 2.24) is 4.98 Å². The van der Waals surface area contributed by atoms with E-state index < -0.39 is 17.8 Å². The first-order valence-corrected chi connectivity index (χ1v) is 8.48. The number of hydrogen-bond donors (Lipinski definition) is 2. The van der Waals surface area contributed by atoms with Crippen LogP contribution in [0.1, 0.15) is 12.5 Å². The van der Waals surface area contributed by atoms with Crippen LogP contribution < -0.4 is 5.32 Å². The van der Waals surface area contributed by atoms with Gasteiger partial charge in [0.15, 0.2) is 0 Å². The minimum absolute atomic E-state index is 0.165. The lowest BCUT2D eigenvalue weighted by molar-refractivity contribution is -0.137. The Balaban J connectivity index is 2.32. The quantitative estimate of drug-likeness (QED) is 0.654. The lowest BCUT2D eigenvalue weighted by atomic mass is 10.0. The van der Waals surface area contributed by atoms with E-state index in [1.807, 2.05) is 12.1 Å². The first-order chi connectivity index (χ1) is 12.4. The average Bonchev–Trinajstić information content (AvgIpc) is 2.62. The predicted octanol–water partition coefficient (Wildman–Crippen LogP) is 4.56. The van der Waals surface area contributed by atoms with Crippen LogP contribution in [0.3, 0.4) is 0 Å². The summed E-state index contributed by atoms with van der Waals surface area (Å²) in [6, 6.07) is 12.4. The second-order valence-corrected chi connectivity index (χ2v) is 6.61. The van der Waals surface area contributed by atoms with Crippen LogP contribution in [-0.4, -0.2) is 22.1 Å². The number of nitriles is 1. The first-order valence-electron chi connectivity index (χ1n) is 7.69. The summed E-state index contributed by atoms with van der Waals surface area (Å²) < 4.78 is 14.6. The molecule has 0 aliphatic rings. The van der Waals surface area contributed by atoms with Crippen molar-refractivity contribution < 1.29 is 14.3 Å². The number of fused-ring (bicyclic) bond motifs is 1. The zero-order valence-electron chi connectivity index (χ0n) is 13.6. The van der Waals surface area contributed by atoms with Gasteiger partial charge in [-0.25, -0.2) is 9.37 Å². The van der Waals surface area contributed by atoms with Crippen LogP contribution >= 0.6 is 15.9 Å². The second-order valence-electron chi connectivity index (χ2n) is 5.69. The molecule has 0 radical (unpaired) electrons. The first kappa shape index (κ1) is 17.8. The third kappa shape index (κ3) is 3.37. The average molecular weight is 414 g/mol. The summed E-state index contributed by atoms with van der Waals surface area (Å²) >= 11 is 3.36. The van der Waals surface area contributed by atoms with E-state index in [9.17, 15) is 19.6 Å². The highest BCUT2D eigenvalue weighted by Gasteiger charge is 2.20. The topological polar surface area (TPSA) is 86.0 Å². The van der Waals surface area contributed by atoms with Gasteiger partial charge in [0.2, 0.25) is 0 Å². The van der Waals surface area contributed by atoms with Crippen molar-refractivity contribution >= 4 is 38.5 Å². The van der Waals surface area contributed by atoms with E-state index in [2.05, 4.69) is 32.3 Å². The number of nitrogens with one attached hydrogen (secondary N) is 1. The Kier molecular flexibility index (Phi) is 4.87. The maximum atomic E-state index is 13.8. The van der Waals surface area contributed by atoms with E-state index in [0.29, 0.717) is 22.2 Å². The molecule has 130 valence electrons. The number of carbonyl (C=O) groups is 1. The monoisotopic (exact) mass is 413 g/mol. The molecule has 0 aliphatic carbocycles. The van der Waals surface area contributed by atoms with E-state index in [4.69, 9.17) is 0 Å². The number of rotatable bonds is 4. The molecule has 7 heteroatoms. The van der Waals surface area contributed by atoms with Gasteiger partial charge in [0.05, 0.1) is 16.9 Å². The summed E-state index contributed by atoms with van der Waals surface area (Å²) in [5.41, 5.74) is 1.98. The third-order valence-corrected chi connectivity index (χ3v) is 4.44. The highest BCUT2D eigenvalue weighted by Crippen LogP contribution is 2.34. The molecule has 1 aromatic heterocycles. The number of anilines is 1. The van der Waals surface area contributed by atoms with E-state index in [1.54, 1.807) is 12.1 Å². The molecule has 0 saturated heterocycles. The fourth-order valence-corrected chi connectivity index (χ4v) is 2.85. The molecular formula is C19H13BrFN3O2. The second kappa shape index (κ2) is 7.10. The number of aromatic nitrogens is 1. The van der Waals surface area contributed by atoms with Gasteiger partial charge in [0.1, 0.15) is 23.5 Å². The molecule has 0 aliphatic heterocycles. The van der Waals surface area contributed by atoms with Crippen LogP contribution in [0.15, 0.2) is 46.9 Å². The number of aliphatic carboxylic acids is 1. The van der Waals surface area contributed by atoms with E-state index in [0.717, 1.165) is 4.47 Å². The van der Waals surface area contributed by atoms with E-state index >= 15 is 0 Å². The molecule has 3 aromatic rings. The number of benzene rings is 2. The molecule has 3 rings (SSSR count). The van der Waals surface area contributed by atoms with Crippen LogP contribution in [0.2, 0.25) is 0 Å². The summed E-state index contributed by atoms with van der Waals surface area (Å²) in [7, 11) is 0. The maximum Gasteiger partial charge on any atom is 0.325 e. The van der Waals surface area contributed by atoms with Crippen molar-refractivity contribution in [2.45, 2.75) is 13.0 Å². The summed E-state index contributed by atoms with van der Waals surface area (Å²) in [6.45, 7) is 1.45. The van der Waals surface area contributed by atoms with Crippen molar-refractivity contribution in [2.75, 3.05) is 5.32 Å². The minimum atomic E-state index is -1.08. The molecule has 0 amide bonds. The van der Waals surface area contributed by atoms with Crippen LogP contribution in [0.4, 0.5) is 10.1 Å². The number of hydrogen-bond acceptors (Lipinski definition) is 4. The zero-order chi connectivity index (χ0) is 18.8. The SMILES string of the molecule is C[C@@H](Nc1c(C#N)c(-c2ccc(Br)cc2)nc2ccc(F)cc12)C(=O)O. The highest BCUT2D eigenvalue weighted by atomic mass is 79.9. The van der Waals surface area contributed by atoms with Gasteiger partial charge >= 0.3 is 5.97 Å². The van der Waals surface area contributed by atoms with Crippen LogP contribution in [-0.2, 0) is 4.79 Å². The van der Waals surface area contributed by atoms with E-state index in [-0.39, 0.29) is 11.3 Å². The summed E-state index contributed by atoms with van der Waals surface area (Å²) in [6.07, 6.45) is 0. The largest absolute Gasteiger partial charge is 0.480 e. The number of pyridine rings is 1. The maximum absolute atomic E-state index is 13.8. The fourth-order valence-electron chi connectivity index (χ4n) is 2.59. The zero-order valence-corrected chi connectivity index (χ0v) is 15.2. The fraction of sp³-hybridized carbons (Fsp3) is 0.105. The molecule has 0 unspecified atom stereocenters.